The Balaban J connectivity index is 2.42. The van der Waals surface area contributed by atoms with E-state index in [2.05, 4.69) is 35.1 Å². The molecule has 0 radical (unpaired) electrons. The average Bonchev–Trinajstić information content (AvgIpc) is 2.70. The highest BCUT2D eigenvalue weighted by molar-refractivity contribution is 9.09. The normalized spacial score (nSPS) is 11.5. The van der Waals surface area contributed by atoms with Gasteiger partial charge in [0.15, 0.2) is 11.0 Å². The van der Waals surface area contributed by atoms with Crippen molar-refractivity contribution >= 4 is 33.4 Å². The number of rotatable bonds is 6. The highest BCUT2D eigenvalue weighted by Crippen LogP contribution is 2.22. The molecule has 1 heterocycles. The van der Waals surface area contributed by atoms with Gasteiger partial charge in [0, 0.05) is 11.9 Å². The summed E-state index contributed by atoms with van der Waals surface area (Å²) in [7, 11) is 0. The zero-order chi connectivity index (χ0) is 12.9. The Morgan fingerprint density at radius 2 is 2.24 bits per heavy atom. The topological polar surface area (TPSA) is 42.2 Å². The van der Waals surface area contributed by atoms with Crippen LogP contribution in [-0.2, 0) is 0 Å². The molecule has 1 aromatic rings. The molecule has 1 N–H and O–H groups in total. The summed E-state index contributed by atoms with van der Waals surface area (Å²) in [6, 6.07) is 3.13. The monoisotopic (exact) mass is 321 g/mol. The van der Waals surface area contributed by atoms with Crippen LogP contribution in [0.3, 0.4) is 0 Å². The number of carbonyl (C=O) groups is 1. The third-order valence-electron chi connectivity index (χ3n) is 2.51. The number of hydrogen-bond donors (Lipinski definition) is 1. The summed E-state index contributed by atoms with van der Waals surface area (Å²) in [5.74, 6) is 0.0371. The molecule has 96 valence electrons. The van der Waals surface area contributed by atoms with Crippen molar-refractivity contribution in [2.24, 2.45) is 5.41 Å². The van der Waals surface area contributed by atoms with Gasteiger partial charge >= 0.3 is 0 Å². The maximum atomic E-state index is 11.7. The number of hydrogen-bond acceptors (Lipinski definition) is 2. The fourth-order valence-electron chi connectivity index (χ4n) is 1.48. The summed E-state index contributed by atoms with van der Waals surface area (Å²) < 4.78 is 5.04. The first-order valence-corrected chi connectivity index (χ1v) is 7.04. The van der Waals surface area contributed by atoms with Crippen molar-refractivity contribution in [2.75, 3.05) is 11.9 Å². The predicted octanol–water partition coefficient (Wildman–Crippen LogP) is 3.86. The Morgan fingerprint density at radius 1 is 1.53 bits per heavy atom. The van der Waals surface area contributed by atoms with E-state index in [4.69, 9.17) is 16.0 Å². The molecule has 0 atom stereocenters. The molecule has 0 aliphatic heterocycles. The largest absolute Gasteiger partial charge is 0.440 e. The molecule has 0 spiro atoms. The van der Waals surface area contributed by atoms with Gasteiger partial charge in [-0.15, -0.1) is 0 Å². The molecule has 0 saturated carbocycles. The van der Waals surface area contributed by atoms with Crippen LogP contribution in [0.1, 0.15) is 37.2 Å². The third-order valence-corrected chi connectivity index (χ3v) is 3.28. The molecular weight excluding hydrogens is 305 g/mol. The Labute approximate surface area is 115 Å². The summed E-state index contributed by atoms with van der Waals surface area (Å²) in [5.41, 5.74) is 0.0832. The van der Waals surface area contributed by atoms with E-state index in [1.807, 2.05) is 0 Å². The molecule has 1 rings (SSSR count). The molecule has 0 bridgehead atoms. The molecular formula is C12H17BrClNO2. The number of amides is 1. The molecule has 5 heteroatoms. The summed E-state index contributed by atoms with van der Waals surface area (Å²) in [6.07, 6.45) is 2.15. The minimum atomic E-state index is -0.219. The lowest BCUT2D eigenvalue weighted by Crippen LogP contribution is -2.33. The molecule has 1 aromatic heterocycles. The lowest BCUT2D eigenvalue weighted by atomic mass is 9.88. The van der Waals surface area contributed by atoms with E-state index in [1.54, 1.807) is 12.1 Å². The van der Waals surface area contributed by atoms with Crippen LogP contribution < -0.4 is 5.32 Å². The van der Waals surface area contributed by atoms with Crippen LogP contribution in [0.15, 0.2) is 16.5 Å². The van der Waals surface area contributed by atoms with Crippen LogP contribution in [0.5, 0.6) is 0 Å². The Hall–Kier alpha value is -0.480. The molecule has 1 amide bonds. The fourth-order valence-corrected chi connectivity index (χ4v) is 1.90. The number of carbonyl (C=O) groups excluding carboxylic acids is 1. The van der Waals surface area contributed by atoms with Gasteiger partial charge in [-0.25, -0.2) is 0 Å². The van der Waals surface area contributed by atoms with Crippen molar-refractivity contribution in [3.63, 3.8) is 0 Å². The van der Waals surface area contributed by atoms with Gasteiger partial charge in [-0.2, -0.15) is 0 Å². The van der Waals surface area contributed by atoms with Gasteiger partial charge < -0.3 is 9.73 Å². The second-order valence-electron chi connectivity index (χ2n) is 4.74. The fraction of sp³-hybridized carbons (Fsp3) is 0.583. The highest BCUT2D eigenvalue weighted by atomic mass is 79.9. The van der Waals surface area contributed by atoms with E-state index < -0.39 is 0 Å². The van der Waals surface area contributed by atoms with Crippen molar-refractivity contribution in [3.8, 4) is 0 Å². The van der Waals surface area contributed by atoms with Gasteiger partial charge in [0.25, 0.3) is 5.91 Å². The first kappa shape index (κ1) is 14.6. The first-order chi connectivity index (χ1) is 7.94. The molecule has 17 heavy (non-hydrogen) atoms. The Bertz CT molecular complexity index is 376. The second kappa shape index (κ2) is 6.45. The lowest BCUT2D eigenvalue weighted by Gasteiger charge is -2.24. The van der Waals surface area contributed by atoms with Gasteiger partial charge in [-0.3, -0.25) is 4.79 Å². The number of nitrogens with one attached hydrogen (secondary N) is 1. The minimum Gasteiger partial charge on any atom is -0.440 e. The van der Waals surface area contributed by atoms with Crippen molar-refractivity contribution in [1.29, 1.82) is 0 Å². The van der Waals surface area contributed by atoms with Crippen molar-refractivity contribution in [1.82, 2.24) is 5.32 Å². The maximum Gasteiger partial charge on any atom is 0.287 e. The van der Waals surface area contributed by atoms with Crippen LogP contribution >= 0.6 is 27.5 Å². The predicted molar refractivity (Wildman–Crippen MR) is 72.9 cm³/mol. The van der Waals surface area contributed by atoms with Crippen LogP contribution in [-0.4, -0.2) is 17.8 Å². The number of alkyl halides is 1. The zero-order valence-electron chi connectivity index (χ0n) is 10.1. The van der Waals surface area contributed by atoms with E-state index >= 15 is 0 Å². The van der Waals surface area contributed by atoms with E-state index in [9.17, 15) is 4.79 Å². The summed E-state index contributed by atoms with van der Waals surface area (Å²) >= 11 is 9.02. The molecule has 0 unspecified atom stereocenters. The van der Waals surface area contributed by atoms with Gasteiger partial charge in [0.2, 0.25) is 0 Å². The molecule has 0 saturated heterocycles. The smallest absolute Gasteiger partial charge is 0.287 e. The Kier molecular flexibility index (Phi) is 5.53. The van der Waals surface area contributed by atoms with Crippen LogP contribution in [0, 0.1) is 5.41 Å². The van der Waals surface area contributed by atoms with Crippen LogP contribution in [0.25, 0.3) is 0 Å². The second-order valence-corrected chi connectivity index (χ2v) is 5.91. The maximum absolute atomic E-state index is 11.7. The summed E-state index contributed by atoms with van der Waals surface area (Å²) in [4.78, 5) is 11.7. The van der Waals surface area contributed by atoms with Crippen molar-refractivity contribution < 1.29 is 9.21 Å². The molecule has 0 aliphatic rings. The minimum absolute atomic E-state index is 0.0832. The van der Waals surface area contributed by atoms with Crippen LogP contribution in [0.2, 0.25) is 5.22 Å². The SMILES string of the molecule is CC(C)(CCCBr)CNC(=O)c1ccc(Cl)o1. The van der Waals surface area contributed by atoms with E-state index in [-0.39, 0.29) is 22.3 Å². The number of furan rings is 1. The van der Waals surface area contributed by atoms with Gasteiger partial charge in [-0.05, 0) is 42.0 Å². The average molecular weight is 323 g/mol. The van der Waals surface area contributed by atoms with E-state index in [0.717, 1.165) is 18.2 Å². The van der Waals surface area contributed by atoms with Gasteiger partial charge in [-0.1, -0.05) is 29.8 Å². The zero-order valence-corrected chi connectivity index (χ0v) is 12.4. The molecule has 0 fully saturated rings. The highest BCUT2D eigenvalue weighted by Gasteiger charge is 2.19. The summed E-state index contributed by atoms with van der Waals surface area (Å²) in [5, 5.41) is 4.07. The van der Waals surface area contributed by atoms with Crippen molar-refractivity contribution in [3.05, 3.63) is 23.1 Å². The van der Waals surface area contributed by atoms with E-state index in [1.165, 1.54) is 0 Å². The van der Waals surface area contributed by atoms with E-state index in [0.29, 0.717) is 6.54 Å². The summed E-state index contributed by atoms with van der Waals surface area (Å²) in [6.45, 7) is 4.88. The van der Waals surface area contributed by atoms with Crippen molar-refractivity contribution in [2.45, 2.75) is 26.7 Å². The molecule has 0 aliphatic carbocycles. The number of halogens is 2. The Morgan fingerprint density at radius 3 is 2.76 bits per heavy atom. The lowest BCUT2D eigenvalue weighted by molar-refractivity contribution is 0.0907. The molecule has 0 aromatic carbocycles. The molecule has 3 nitrogen and oxygen atoms in total. The van der Waals surface area contributed by atoms with Gasteiger partial charge in [0.1, 0.15) is 0 Å². The standard InChI is InChI=1S/C12H17BrClNO2/c1-12(2,6-3-7-13)8-15-11(16)9-4-5-10(14)17-9/h4-5H,3,6-8H2,1-2H3,(H,15,16). The first-order valence-electron chi connectivity index (χ1n) is 5.54. The quantitative estimate of drug-likeness (QED) is 0.808. The van der Waals surface area contributed by atoms with Crippen LogP contribution in [0.4, 0.5) is 0 Å². The third kappa shape index (κ3) is 5.13. The van der Waals surface area contributed by atoms with Gasteiger partial charge in [0.05, 0.1) is 0 Å².